The number of nitrogens with one attached hydrogen (secondary N) is 1. The third kappa shape index (κ3) is 3.12. The van der Waals surface area contributed by atoms with Crippen LogP contribution in [-0.4, -0.2) is 25.5 Å². The first-order valence-electron chi connectivity index (χ1n) is 6.77. The van der Waals surface area contributed by atoms with Crippen molar-refractivity contribution in [1.29, 1.82) is 0 Å². The average Bonchev–Trinajstić information content (AvgIpc) is 2.94. The molecule has 1 aromatic carbocycles. The maximum atomic E-state index is 13.3. The van der Waals surface area contributed by atoms with Gasteiger partial charge in [-0.15, -0.1) is 0 Å². The standard InChI is InChI=1S/C14H18F3N3O/c1-19-13(21)12-3-2-6-20(12)11-5-4-9(8-18)7-10(11)14(15,16)17/h4-5,7,12H,2-3,6,8,18H2,1H3,(H,19,21). The van der Waals surface area contributed by atoms with Gasteiger partial charge in [-0.2, -0.15) is 13.2 Å². The van der Waals surface area contributed by atoms with Crippen molar-refractivity contribution < 1.29 is 18.0 Å². The number of halogens is 3. The molecule has 1 aromatic rings. The van der Waals surface area contributed by atoms with E-state index in [4.69, 9.17) is 5.73 Å². The van der Waals surface area contributed by atoms with Crippen LogP contribution in [0.25, 0.3) is 0 Å². The molecule has 1 unspecified atom stereocenters. The Hall–Kier alpha value is -1.76. The first-order chi connectivity index (χ1) is 9.88. The van der Waals surface area contributed by atoms with Crippen LogP contribution in [0.1, 0.15) is 24.0 Å². The molecule has 0 radical (unpaired) electrons. The van der Waals surface area contributed by atoms with E-state index in [0.29, 0.717) is 24.9 Å². The summed E-state index contributed by atoms with van der Waals surface area (Å²) >= 11 is 0. The molecule has 1 aliphatic rings. The summed E-state index contributed by atoms with van der Waals surface area (Å²) in [6.07, 6.45) is -3.24. The van der Waals surface area contributed by atoms with Crippen LogP contribution < -0.4 is 16.0 Å². The van der Waals surface area contributed by atoms with Crippen molar-refractivity contribution in [3.8, 4) is 0 Å². The fourth-order valence-electron chi connectivity index (χ4n) is 2.68. The second kappa shape index (κ2) is 5.93. The molecular formula is C14H18F3N3O. The molecule has 0 saturated carbocycles. The molecule has 3 N–H and O–H groups in total. The molecule has 1 amide bonds. The number of hydrogen-bond donors (Lipinski definition) is 2. The van der Waals surface area contributed by atoms with Gasteiger partial charge in [0.25, 0.3) is 0 Å². The number of amides is 1. The SMILES string of the molecule is CNC(=O)C1CCCN1c1ccc(CN)cc1C(F)(F)F. The zero-order chi connectivity index (χ0) is 15.6. The Morgan fingerprint density at radius 2 is 2.19 bits per heavy atom. The Morgan fingerprint density at radius 3 is 2.76 bits per heavy atom. The predicted octanol–water partition coefficient (Wildman–Crippen LogP) is 1.88. The predicted molar refractivity (Wildman–Crippen MR) is 73.8 cm³/mol. The maximum Gasteiger partial charge on any atom is 0.418 e. The van der Waals surface area contributed by atoms with Gasteiger partial charge in [0.2, 0.25) is 5.91 Å². The molecule has 0 spiro atoms. The monoisotopic (exact) mass is 301 g/mol. The van der Waals surface area contributed by atoms with Crippen molar-refractivity contribution in [1.82, 2.24) is 5.32 Å². The van der Waals surface area contributed by atoms with Gasteiger partial charge in [0.1, 0.15) is 6.04 Å². The highest BCUT2D eigenvalue weighted by atomic mass is 19.4. The molecule has 0 bridgehead atoms. The minimum Gasteiger partial charge on any atom is -0.359 e. The quantitative estimate of drug-likeness (QED) is 0.896. The van der Waals surface area contributed by atoms with Gasteiger partial charge >= 0.3 is 6.18 Å². The summed E-state index contributed by atoms with van der Waals surface area (Å²) in [7, 11) is 1.49. The Bertz CT molecular complexity index is 531. The lowest BCUT2D eigenvalue weighted by atomic mass is 10.1. The summed E-state index contributed by atoms with van der Waals surface area (Å²) in [5.41, 5.74) is 5.15. The zero-order valence-electron chi connectivity index (χ0n) is 11.7. The molecule has 7 heteroatoms. The van der Waals surface area contributed by atoms with Crippen molar-refractivity contribution in [2.24, 2.45) is 5.73 Å². The number of anilines is 1. The normalized spacial score (nSPS) is 18.9. The third-order valence-corrected chi connectivity index (χ3v) is 3.71. The number of carbonyl (C=O) groups is 1. The number of nitrogens with zero attached hydrogens (tertiary/aromatic N) is 1. The molecule has 1 heterocycles. The Kier molecular flexibility index (Phi) is 4.41. The first kappa shape index (κ1) is 15.6. The topological polar surface area (TPSA) is 58.4 Å². The molecule has 1 aliphatic heterocycles. The number of alkyl halides is 3. The van der Waals surface area contributed by atoms with Crippen molar-refractivity contribution in [2.45, 2.75) is 31.6 Å². The lowest BCUT2D eigenvalue weighted by Crippen LogP contribution is -2.42. The number of nitrogens with two attached hydrogens (primary N) is 1. The molecule has 0 aliphatic carbocycles. The third-order valence-electron chi connectivity index (χ3n) is 3.71. The smallest absolute Gasteiger partial charge is 0.359 e. The lowest BCUT2D eigenvalue weighted by Gasteiger charge is -2.28. The zero-order valence-corrected chi connectivity index (χ0v) is 11.7. The van der Waals surface area contributed by atoms with E-state index in [0.717, 1.165) is 6.07 Å². The highest BCUT2D eigenvalue weighted by Gasteiger charge is 2.39. The largest absolute Gasteiger partial charge is 0.418 e. The van der Waals surface area contributed by atoms with Crippen molar-refractivity contribution in [2.75, 3.05) is 18.5 Å². The van der Waals surface area contributed by atoms with Gasteiger partial charge < -0.3 is 16.0 Å². The molecular weight excluding hydrogens is 283 g/mol. The van der Waals surface area contributed by atoms with Gasteiger partial charge in [0.05, 0.1) is 5.56 Å². The molecule has 0 aromatic heterocycles. The summed E-state index contributed by atoms with van der Waals surface area (Å²) < 4.78 is 39.8. The Morgan fingerprint density at radius 1 is 1.48 bits per heavy atom. The van der Waals surface area contributed by atoms with Crippen LogP contribution in [0.5, 0.6) is 0 Å². The molecule has 2 rings (SSSR count). The number of rotatable bonds is 3. The van der Waals surface area contributed by atoms with Gasteiger partial charge in [-0.1, -0.05) is 6.07 Å². The molecule has 1 saturated heterocycles. The van der Waals surface area contributed by atoms with Gasteiger partial charge in [-0.3, -0.25) is 4.79 Å². The summed E-state index contributed by atoms with van der Waals surface area (Å²) in [5, 5.41) is 2.51. The van der Waals surface area contributed by atoms with Crippen molar-refractivity contribution in [3.63, 3.8) is 0 Å². The molecule has 116 valence electrons. The highest BCUT2D eigenvalue weighted by molar-refractivity contribution is 5.86. The van der Waals surface area contributed by atoms with Crippen LogP contribution >= 0.6 is 0 Å². The van der Waals surface area contributed by atoms with Crippen LogP contribution in [0.2, 0.25) is 0 Å². The van der Waals surface area contributed by atoms with E-state index < -0.39 is 17.8 Å². The van der Waals surface area contributed by atoms with Crippen molar-refractivity contribution in [3.05, 3.63) is 29.3 Å². The van der Waals surface area contributed by atoms with Gasteiger partial charge in [-0.05, 0) is 30.5 Å². The van der Waals surface area contributed by atoms with Crippen LogP contribution in [0, 0.1) is 0 Å². The average molecular weight is 301 g/mol. The number of hydrogen-bond acceptors (Lipinski definition) is 3. The summed E-state index contributed by atoms with van der Waals surface area (Å²) in [4.78, 5) is 13.4. The molecule has 1 fully saturated rings. The van der Waals surface area contributed by atoms with Gasteiger partial charge in [0, 0.05) is 25.8 Å². The molecule has 1 atom stereocenters. The van der Waals surface area contributed by atoms with E-state index in [1.165, 1.54) is 18.0 Å². The minimum atomic E-state index is -4.48. The van der Waals surface area contributed by atoms with E-state index >= 15 is 0 Å². The maximum absolute atomic E-state index is 13.3. The van der Waals surface area contributed by atoms with Gasteiger partial charge in [0.15, 0.2) is 0 Å². The fourth-order valence-corrected chi connectivity index (χ4v) is 2.68. The van der Waals surface area contributed by atoms with Crippen LogP contribution in [-0.2, 0) is 17.5 Å². The summed E-state index contributed by atoms with van der Waals surface area (Å²) in [6, 6.07) is 3.49. The fraction of sp³-hybridized carbons (Fsp3) is 0.500. The number of benzene rings is 1. The van der Waals surface area contributed by atoms with Crippen LogP contribution in [0.3, 0.4) is 0 Å². The van der Waals surface area contributed by atoms with Crippen LogP contribution in [0.4, 0.5) is 18.9 Å². The molecule has 21 heavy (non-hydrogen) atoms. The number of carbonyl (C=O) groups excluding carboxylic acids is 1. The Labute approximate surface area is 121 Å². The lowest BCUT2D eigenvalue weighted by molar-refractivity contribution is -0.137. The van der Waals surface area contributed by atoms with Crippen molar-refractivity contribution >= 4 is 11.6 Å². The molecule has 4 nitrogen and oxygen atoms in total. The van der Waals surface area contributed by atoms with E-state index in [1.807, 2.05) is 0 Å². The minimum absolute atomic E-state index is 0.0439. The van der Waals surface area contributed by atoms with E-state index in [2.05, 4.69) is 5.32 Å². The number of likely N-dealkylation sites (N-methyl/N-ethyl adjacent to an activating group) is 1. The summed E-state index contributed by atoms with van der Waals surface area (Å²) in [5.74, 6) is -0.261. The van der Waals surface area contributed by atoms with E-state index in [-0.39, 0.29) is 18.1 Å². The van der Waals surface area contributed by atoms with E-state index in [1.54, 1.807) is 6.07 Å². The van der Waals surface area contributed by atoms with Gasteiger partial charge in [-0.25, -0.2) is 0 Å². The highest BCUT2D eigenvalue weighted by Crippen LogP contribution is 2.39. The second-order valence-corrected chi connectivity index (χ2v) is 5.02. The first-order valence-corrected chi connectivity index (χ1v) is 6.77. The second-order valence-electron chi connectivity index (χ2n) is 5.02. The summed E-state index contributed by atoms with van der Waals surface area (Å²) in [6.45, 7) is 0.478. The van der Waals surface area contributed by atoms with Crippen LogP contribution in [0.15, 0.2) is 18.2 Å². The Balaban J connectivity index is 2.45. The van der Waals surface area contributed by atoms with E-state index in [9.17, 15) is 18.0 Å².